The first kappa shape index (κ1) is 16.1. The lowest BCUT2D eigenvalue weighted by Gasteiger charge is -2.23. The maximum atomic E-state index is 13.5. The molecule has 0 fully saturated rings. The number of ketones is 1. The van der Waals surface area contributed by atoms with Crippen molar-refractivity contribution in [3.05, 3.63) is 35.4 Å². The van der Waals surface area contributed by atoms with Crippen LogP contribution in [0.2, 0.25) is 0 Å². The molecular weight excluding hydrogens is 268 g/mol. The fourth-order valence-electron chi connectivity index (χ4n) is 1.73. The summed E-state index contributed by atoms with van der Waals surface area (Å²) in [6, 6.07) is 3.67. The standard InChI is InChI=1S/C14H19F2NOS/c1-10(7-8-19-3)17(2)9-13(18)14-11(15)5-4-6-12(14)16/h4-6,10H,7-9H2,1-3H3. The summed E-state index contributed by atoms with van der Waals surface area (Å²) in [7, 11) is 1.79. The molecule has 0 aliphatic heterocycles. The highest BCUT2D eigenvalue weighted by Crippen LogP contribution is 2.14. The monoisotopic (exact) mass is 287 g/mol. The van der Waals surface area contributed by atoms with E-state index in [2.05, 4.69) is 0 Å². The minimum Gasteiger partial charge on any atom is -0.296 e. The van der Waals surface area contributed by atoms with E-state index in [9.17, 15) is 13.6 Å². The minimum atomic E-state index is -0.796. The number of Topliss-reactive ketones (excluding diaryl/α,β-unsaturated/α-hetero) is 1. The number of hydrogen-bond acceptors (Lipinski definition) is 3. The van der Waals surface area contributed by atoms with Crippen LogP contribution in [0.1, 0.15) is 23.7 Å². The fraction of sp³-hybridized carbons (Fsp3) is 0.500. The van der Waals surface area contributed by atoms with Gasteiger partial charge in [-0.1, -0.05) is 6.07 Å². The second-order valence-electron chi connectivity index (χ2n) is 4.57. The van der Waals surface area contributed by atoms with Crippen molar-refractivity contribution in [1.29, 1.82) is 0 Å². The SMILES string of the molecule is CSCCC(C)N(C)CC(=O)c1c(F)cccc1F. The van der Waals surface area contributed by atoms with Crippen LogP contribution in [-0.2, 0) is 0 Å². The minimum absolute atomic E-state index is 0.0212. The van der Waals surface area contributed by atoms with Crippen molar-refractivity contribution in [2.45, 2.75) is 19.4 Å². The first-order valence-corrected chi connectivity index (χ1v) is 7.53. The molecular formula is C14H19F2NOS. The van der Waals surface area contributed by atoms with Gasteiger partial charge < -0.3 is 0 Å². The average molecular weight is 287 g/mol. The predicted molar refractivity (Wildman–Crippen MR) is 75.8 cm³/mol. The molecule has 0 aromatic heterocycles. The van der Waals surface area contributed by atoms with Crippen LogP contribution in [0.3, 0.4) is 0 Å². The molecule has 1 aromatic carbocycles. The first-order valence-electron chi connectivity index (χ1n) is 6.13. The lowest BCUT2D eigenvalue weighted by atomic mass is 10.1. The Morgan fingerprint density at radius 3 is 2.47 bits per heavy atom. The number of likely N-dealkylation sites (N-methyl/N-ethyl adjacent to an activating group) is 1. The lowest BCUT2D eigenvalue weighted by molar-refractivity contribution is 0.0915. The van der Waals surface area contributed by atoms with Gasteiger partial charge in [-0.15, -0.1) is 0 Å². The van der Waals surface area contributed by atoms with Crippen LogP contribution >= 0.6 is 11.8 Å². The zero-order valence-electron chi connectivity index (χ0n) is 11.5. The van der Waals surface area contributed by atoms with Gasteiger partial charge >= 0.3 is 0 Å². The van der Waals surface area contributed by atoms with Crippen LogP contribution in [-0.4, -0.2) is 42.3 Å². The van der Waals surface area contributed by atoms with Gasteiger partial charge in [-0.25, -0.2) is 8.78 Å². The van der Waals surface area contributed by atoms with Crippen molar-refractivity contribution in [3.63, 3.8) is 0 Å². The Bertz CT molecular complexity index is 419. The van der Waals surface area contributed by atoms with Crippen LogP contribution in [0, 0.1) is 11.6 Å². The Labute approximate surface area is 117 Å². The summed E-state index contributed by atoms with van der Waals surface area (Å²) in [6.45, 7) is 2.02. The Hall–Kier alpha value is -0.940. The number of carbonyl (C=O) groups is 1. The van der Waals surface area contributed by atoms with Crippen molar-refractivity contribution in [2.24, 2.45) is 0 Å². The van der Waals surface area contributed by atoms with Gasteiger partial charge in [0, 0.05) is 6.04 Å². The molecule has 0 aliphatic rings. The predicted octanol–water partition coefficient (Wildman–Crippen LogP) is 3.22. The third-order valence-electron chi connectivity index (χ3n) is 3.13. The molecule has 0 spiro atoms. The fourth-order valence-corrected chi connectivity index (χ4v) is 2.31. The van der Waals surface area contributed by atoms with E-state index in [0.29, 0.717) is 0 Å². The lowest BCUT2D eigenvalue weighted by Crippen LogP contribution is -2.34. The normalized spacial score (nSPS) is 12.7. The number of benzene rings is 1. The third kappa shape index (κ3) is 4.58. The molecule has 2 nitrogen and oxygen atoms in total. The van der Waals surface area contributed by atoms with E-state index in [0.717, 1.165) is 24.3 Å². The van der Waals surface area contributed by atoms with E-state index in [1.165, 1.54) is 6.07 Å². The van der Waals surface area contributed by atoms with E-state index in [1.54, 1.807) is 18.8 Å². The Morgan fingerprint density at radius 1 is 1.37 bits per heavy atom. The Morgan fingerprint density at radius 2 is 1.95 bits per heavy atom. The van der Waals surface area contributed by atoms with Gasteiger partial charge in [0.15, 0.2) is 5.78 Å². The van der Waals surface area contributed by atoms with Gasteiger partial charge in [0.25, 0.3) is 0 Å². The highest BCUT2D eigenvalue weighted by Gasteiger charge is 2.20. The number of carbonyl (C=O) groups excluding carboxylic acids is 1. The summed E-state index contributed by atoms with van der Waals surface area (Å²) < 4.78 is 26.9. The molecule has 0 N–H and O–H groups in total. The molecule has 0 saturated carbocycles. The van der Waals surface area contributed by atoms with Crippen LogP contribution in [0.5, 0.6) is 0 Å². The van der Waals surface area contributed by atoms with Crippen LogP contribution in [0.15, 0.2) is 18.2 Å². The van der Waals surface area contributed by atoms with Crippen molar-refractivity contribution >= 4 is 17.5 Å². The third-order valence-corrected chi connectivity index (χ3v) is 3.77. The van der Waals surface area contributed by atoms with Crippen molar-refractivity contribution in [3.8, 4) is 0 Å². The van der Waals surface area contributed by atoms with Crippen LogP contribution < -0.4 is 0 Å². The van der Waals surface area contributed by atoms with Gasteiger partial charge in [0.2, 0.25) is 0 Å². The molecule has 5 heteroatoms. The number of rotatable bonds is 7. The van der Waals surface area contributed by atoms with E-state index >= 15 is 0 Å². The second kappa shape index (κ2) is 7.60. The van der Waals surface area contributed by atoms with Crippen molar-refractivity contribution in [2.75, 3.05) is 25.6 Å². The summed E-state index contributed by atoms with van der Waals surface area (Å²) in [4.78, 5) is 13.8. The van der Waals surface area contributed by atoms with E-state index < -0.39 is 23.0 Å². The molecule has 1 atom stereocenters. The topological polar surface area (TPSA) is 20.3 Å². The Kier molecular flexibility index (Phi) is 6.45. The number of thioether (sulfide) groups is 1. The molecule has 0 amide bonds. The molecule has 19 heavy (non-hydrogen) atoms. The summed E-state index contributed by atoms with van der Waals surface area (Å²) in [5, 5.41) is 0. The number of nitrogens with zero attached hydrogens (tertiary/aromatic N) is 1. The van der Waals surface area contributed by atoms with Gasteiger partial charge in [-0.05, 0) is 44.5 Å². The Balaban J connectivity index is 2.69. The average Bonchev–Trinajstić information content (AvgIpc) is 2.35. The van der Waals surface area contributed by atoms with Gasteiger partial charge in [0.05, 0.1) is 12.1 Å². The molecule has 1 rings (SSSR count). The zero-order valence-corrected chi connectivity index (χ0v) is 12.3. The second-order valence-corrected chi connectivity index (χ2v) is 5.55. The van der Waals surface area contributed by atoms with Crippen LogP contribution in [0.25, 0.3) is 0 Å². The maximum Gasteiger partial charge on any atom is 0.182 e. The van der Waals surface area contributed by atoms with Crippen molar-refractivity contribution in [1.82, 2.24) is 4.90 Å². The number of hydrogen-bond donors (Lipinski definition) is 0. The highest BCUT2D eigenvalue weighted by atomic mass is 32.2. The van der Waals surface area contributed by atoms with E-state index in [-0.39, 0.29) is 12.6 Å². The molecule has 1 aromatic rings. The molecule has 1 unspecified atom stereocenters. The maximum absolute atomic E-state index is 13.5. The van der Waals surface area contributed by atoms with Gasteiger partial charge in [-0.2, -0.15) is 11.8 Å². The number of halogens is 2. The first-order chi connectivity index (χ1) is 8.97. The molecule has 106 valence electrons. The van der Waals surface area contributed by atoms with Crippen LogP contribution in [0.4, 0.5) is 8.78 Å². The van der Waals surface area contributed by atoms with E-state index in [4.69, 9.17) is 0 Å². The molecule has 0 radical (unpaired) electrons. The summed E-state index contributed by atoms with van der Waals surface area (Å²) in [5.74, 6) is -1.12. The summed E-state index contributed by atoms with van der Waals surface area (Å²) in [6.07, 6.45) is 2.96. The van der Waals surface area contributed by atoms with Gasteiger partial charge in [0.1, 0.15) is 11.6 Å². The molecule has 0 bridgehead atoms. The molecule has 0 saturated heterocycles. The molecule has 0 aliphatic carbocycles. The quantitative estimate of drug-likeness (QED) is 0.718. The van der Waals surface area contributed by atoms with Crippen molar-refractivity contribution < 1.29 is 13.6 Å². The highest BCUT2D eigenvalue weighted by molar-refractivity contribution is 7.98. The smallest absolute Gasteiger partial charge is 0.182 e. The largest absolute Gasteiger partial charge is 0.296 e. The van der Waals surface area contributed by atoms with E-state index in [1.807, 2.05) is 18.1 Å². The molecule has 0 heterocycles. The summed E-state index contributed by atoms with van der Waals surface area (Å²) in [5.41, 5.74) is -0.439. The summed E-state index contributed by atoms with van der Waals surface area (Å²) >= 11 is 1.74. The van der Waals surface area contributed by atoms with Gasteiger partial charge in [-0.3, -0.25) is 9.69 Å². The zero-order chi connectivity index (χ0) is 14.4.